The predicted molar refractivity (Wildman–Crippen MR) is 132 cm³/mol. The SMILES string of the molecule is CCn1c(=O)c2ccccc2n(CC(=O)NNC(=O)c2ccc(OCCC(C)C)c(OC)c2)c1=O. The minimum absolute atomic E-state index is 0.167. The molecule has 10 heteroatoms. The van der Waals surface area contributed by atoms with E-state index in [1.165, 1.54) is 17.7 Å². The second-order valence-electron chi connectivity index (χ2n) is 8.33. The normalized spacial score (nSPS) is 10.9. The number of fused-ring (bicyclic) bond motifs is 1. The van der Waals surface area contributed by atoms with Gasteiger partial charge in [0, 0.05) is 12.1 Å². The van der Waals surface area contributed by atoms with Gasteiger partial charge in [0.2, 0.25) is 0 Å². The Kier molecular flexibility index (Phi) is 8.30. The molecule has 3 aromatic rings. The fourth-order valence-electron chi connectivity index (χ4n) is 3.52. The zero-order valence-electron chi connectivity index (χ0n) is 20.3. The molecule has 0 unspecified atom stereocenters. The van der Waals surface area contributed by atoms with Gasteiger partial charge in [-0.15, -0.1) is 0 Å². The molecule has 35 heavy (non-hydrogen) atoms. The first-order chi connectivity index (χ1) is 16.8. The lowest BCUT2D eigenvalue weighted by atomic mass is 10.1. The molecule has 2 aromatic carbocycles. The third-order valence-electron chi connectivity index (χ3n) is 5.44. The first kappa shape index (κ1) is 25.5. The van der Waals surface area contributed by atoms with E-state index in [2.05, 4.69) is 24.7 Å². The largest absolute Gasteiger partial charge is 0.493 e. The summed E-state index contributed by atoms with van der Waals surface area (Å²) in [7, 11) is 1.48. The molecule has 0 aliphatic rings. The first-order valence-corrected chi connectivity index (χ1v) is 11.4. The fourth-order valence-corrected chi connectivity index (χ4v) is 3.52. The predicted octanol–water partition coefficient (Wildman–Crippen LogP) is 2.08. The topological polar surface area (TPSA) is 121 Å². The molecular weight excluding hydrogens is 452 g/mol. The van der Waals surface area contributed by atoms with E-state index in [4.69, 9.17) is 9.47 Å². The number of nitrogens with zero attached hydrogens (tertiary/aromatic N) is 2. The molecule has 0 spiro atoms. The van der Waals surface area contributed by atoms with Crippen molar-refractivity contribution in [2.45, 2.75) is 40.3 Å². The van der Waals surface area contributed by atoms with Gasteiger partial charge in [-0.2, -0.15) is 0 Å². The van der Waals surface area contributed by atoms with E-state index in [0.717, 1.165) is 11.0 Å². The van der Waals surface area contributed by atoms with Gasteiger partial charge in [0.05, 0.1) is 24.6 Å². The van der Waals surface area contributed by atoms with E-state index in [9.17, 15) is 19.2 Å². The number of nitrogens with one attached hydrogen (secondary N) is 2. The van der Waals surface area contributed by atoms with Crippen LogP contribution in [0.2, 0.25) is 0 Å². The average molecular weight is 483 g/mol. The summed E-state index contributed by atoms with van der Waals surface area (Å²) in [5, 5.41) is 0.327. The van der Waals surface area contributed by atoms with E-state index >= 15 is 0 Å². The Morgan fingerprint density at radius 3 is 2.43 bits per heavy atom. The molecule has 0 bridgehead atoms. The number of aromatic nitrogens is 2. The summed E-state index contributed by atoms with van der Waals surface area (Å²) in [5.74, 6) is 0.209. The number of carbonyl (C=O) groups is 2. The monoisotopic (exact) mass is 482 g/mol. The van der Waals surface area contributed by atoms with Crippen molar-refractivity contribution in [2.24, 2.45) is 5.92 Å². The quantitative estimate of drug-likeness (QED) is 0.451. The van der Waals surface area contributed by atoms with Crippen LogP contribution in [0.5, 0.6) is 11.5 Å². The molecule has 0 aliphatic heterocycles. The van der Waals surface area contributed by atoms with Crippen LogP contribution in [-0.2, 0) is 17.9 Å². The number of hydrogen-bond donors (Lipinski definition) is 2. The number of carbonyl (C=O) groups excluding carboxylic acids is 2. The Bertz CT molecular complexity index is 1340. The van der Waals surface area contributed by atoms with Crippen molar-refractivity contribution < 1.29 is 19.1 Å². The Morgan fingerprint density at radius 2 is 1.74 bits per heavy atom. The second kappa shape index (κ2) is 11.4. The molecule has 1 aromatic heterocycles. The Hall–Kier alpha value is -4.08. The number of hydrazine groups is 1. The molecule has 3 rings (SSSR count). The van der Waals surface area contributed by atoms with Crippen LogP contribution < -0.4 is 31.6 Å². The molecule has 1 heterocycles. The van der Waals surface area contributed by atoms with Crippen LogP contribution in [-0.4, -0.2) is 34.7 Å². The van der Waals surface area contributed by atoms with Gasteiger partial charge in [-0.05, 0) is 49.6 Å². The maximum Gasteiger partial charge on any atom is 0.331 e. The molecule has 2 N–H and O–H groups in total. The highest BCUT2D eigenvalue weighted by Crippen LogP contribution is 2.28. The van der Waals surface area contributed by atoms with Gasteiger partial charge in [-0.25, -0.2) is 4.79 Å². The highest BCUT2D eigenvalue weighted by atomic mass is 16.5. The van der Waals surface area contributed by atoms with E-state index in [1.807, 2.05) is 0 Å². The summed E-state index contributed by atoms with van der Waals surface area (Å²) in [6.07, 6.45) is 0.881. The Balaban J connectivity index is 1.71. The maximum atomic E-state index is 12.8. The molecule has 0 radical (unpaired) electrons. The van der Waals surface area contributed by atoms with Gasteiger partial charge in [-0.3, -0.25) is 34.4 Å². The fraction of sp³-hybridized carbons (Fsp3) is 0.360. The number of ether oxygens (including phenoxy) is 2. The van der Waals surface area contributed by atoms with Crippen molar-refractivity contribution in [3.05, 3.63) is 68.9 Å². The van der Waals surface area contributed by atoms with Crippen LogP contribution in [0.25, 0.3) is 10.9 Å². The summed E-state index contributed by atoms with van der Waals surface area (Å²) in [5.41, 5.74) is 4.23. The molecule has 10 nitrogen and oxygen atoms in total. The van der Waals surface area contributed by atoms with Crippen molar-refractivity contribution >= 4 is 22.7 Å². The van der Waals surface area contributed by atoms with Crippen LogP contribution in [0, 0.1) is 5.92 Å². The van der Waals surface area contributed by atoms with Gasteiger partial charge in [0.15, 0.2) is 11.5 Å². The van der Waals surface area contributed by atoms with Crippen molar-refractivity contribution in [3.8, 4) is 11.5 Å². The number of para-hydroxylation sites is 1. The number of hydrogen-bond acceptors (Lipinski definition) is 6. The lowest BCUT2D eigenvalue weighted by Crippen LogP contribution is -2.46. The van der Waals surface area contributed by atoms with Gasteiger partial charge in [-0.1, -0.05) is 26.0 Å². The minimum Gasteiger partial charge on any atom is -0.493 e. The zero-order chi connectivity index (χ0) is 25.5. The number of methoxy groups -OCH3 is 1. The second-order valence-corrected chi connectivity index (χ2v) is 8.33. The zero-order valence-corrected chi connectivity index (χ0v) is 20.3. The van der Waals surface area contributed by atoms with Crippen LogP contribution in [0.3, 0.4) is 0 Å². The molecule has 0 saturated heterocycles. The standard InChI is InChI=1S/C25H30N4O6/c1-5-28-24(32)18-8-6-7-9-19(18)29(25(28)33)15-22(30)26-27-23(31)17-10-11-20(21(14-17)34-4)35-13-12-16(2)3/h6-11,14,16H,5,12-13,15H2,1-4H3,(H,26,30)(H,27,31). The van der Waals surface area contributed by atoms with Crippen molar-refractivity contribution in [3.63, 3.8) is 0 Å². The number of benzene rings is 2. The van der Waals surface area contributed by atoms with Crippen molar-refractivity contribution in [2.75, 3.05) is 13.7 Å². The van der Waals surface area contributed by atoms with Gasteiger partial charge < -0.3 is 9.47 Å². The minimum atomic E-state index is -0.632. The molecular formula is C25H30N4O6. The molecule has 0 fully saturated rings. The molecule has 186 valence electrons. The summed E-state index contributed by atoms with van der Waals surface area (Å²) < 4.78 is 13.3. The van der Waals surface area contributed by atoms with Crippen LogP contribution in [0.4, 0.5) is 0 Å². The van der Waals surface area contributed by atoms with Crippen molar-refractivity contribution in [1.82, 2.24) is 20.0 Å². The van der Waals surface area contributed by atoms with Crippen LogP contribution in [0.1, 0.15) is 37.6 Å². The first-order valence-electron chi connectivity index (χ1n) is 11.4. The summed E-state index contributed by atoms with van der Waals surface area (Å²) in [6.45, 7) is 6.18. The molecule has 0 atom stereocenters. The van der Waals surface area contributed by atoms with E-state index in [-0.39, 0.29) is 18.7 Å². The summed E-state index contributed by atoms with van der Waals surface area (Å²) in [4.78, 5) is 50.4. The maximum absolute atomic E-state index is 12.8. The Labute approximate surface area is 202 Å². The number of amides is 2. The molecule has 0 saturated carbocycles. The van der Waals surface area contributed by atoms with Crippen LogP contribution in [0.15, 0.2) is 52.1 Å². The van der Waals surface area contributed by atoms with Crippen molar-refractivity contribution in [1.29, 1.82) is 0 Å². The average Bonchev–Trinajstić information content (AvgIpc) is 2.85. The van der Waals surface area contributed by atoms with Gasteiger partial charge >= 0.3 is 5.69 Å². The summed E-state index contributed by atoms with van der Waals surface area (Å²) >= 11 is 0. The van der Waals surface area contributed by atoms with E-state index in [1.54, 1.807) is 43.3 Å². The third kappa shape index (κ3) is 5.89. The summed E-state index contributed by atoms with van der Waals surface area (Å²) in [6, 6.07) is 11.3. The molecule has 0 aliphatic carbocycles. The smallest absolute Gasteiger partial charge is 0.331 e. The van der Waals surface area contributed by atoms with E-state index in [0.29, 0.717) is 34.9 Å². The molecule has 2 amide bonds. The van der Waals surface area contributed by atoms with E-state index < -0.39 is 23.1 Å². The third-order valence-corrected chi connectivity index (χ3v) is 5.44. The lowest BCUT2D eigenvalue weighted by Gasteiger charge is -2.14. The highest BCUT2D eigenvalue weighted by Gasteiger charge is 2.16. The Morgan fingerprint density at radius 1 is 1.00 bits per heavy atom. The van der Waals surface area contributed by atoms with Gasteiger partial charge in [0.25, 0.3) is 17.4 Å². The highest BCUT2D eigenvalue weighted by molar-refractivity contribution is 5.96. The van der Waals surface area contributed by atoms with Crippen LogP contribution >= 0.6 is 0 Å². The number of rotatable bonds is 9. The van der Waals surface area contributed by atoms with Gasteiger partial charge in [0.1, 0.15) is 6.54 Å². The lowest BCUT2D eigenvalue weighted by molar-refractivity contribution is -0.122.